The summed E-state index contributed by atoms with van der Waals surface area (Å²) in [6.45, 7) is 7.47. The number of fused-ring (bicyclic) bond motifs is 1. The fraction of sp³-hybridized carbons (Fsp3) is 0.391. The summed E-state index contributed by atoms with van der Waals surface area (Å²) in [6, 6.07) is 13.5. The van der Waals surface area contributed by atoms with Crippen LogP contribution in [0.1, 0.15) is 12.5 Å². The molecule has 6 nitrogen and oxygen atoms in total. The number of nitrogens with one attached hydrogen (secondary N) is 1. The van der Waals surface area contributed by atoms with Crippen LogP contribution in [0.4, 0.5) is 5.13 Å². The first-order valence-electron chi connectivity index (χ1n) is 10.6. The average molecular weight is 459 g/mol. The lowest BCUT2D eigenvalue weighted by Crippen LogP contribution is -2.48. The van der Waals surface area contributed by atoms with E-state index in [9.17, 15) is 4.79 Å². The lowest BCUT2D eigenvalue weighted by molar-refractivity contribution is -0.123. The molecule has 2 heterocycles. The molecule has 0 atom stereocenters. The third kappa shape index (κ3) is 5.87. The number of carbonyl (C=O) groups is 1. The summed E-state index contributed by atoms with van der Waals surface area (Å²) in [7, 11) is 0. The monoisotopic (exact) mass is 458 g/mol. The summed E-state index contributed by atoms with van der Waals surface area (Å²) in [5.41, 5.74) is 2.44. The topological polar surface area (TPSA) is 57.7 Å². The highest BCUT2D eigenvalue weighted by atomic mass is 35.5. The number of benzene rings is 2. The molecule has 164 valence electrons. The molecular weight excluding hydrogens is 432 g/mol. The predicted octanol–water partition coefficient (Wildman–Crippen LogP) is 3.83. The van der Waals surface area contributed by atoms with Gasteiger partial charge in [-0.3, -0.25) is 9.69 Å². The van der Waals surface area contributed by atoms with Crippen molar-refractivity contribution in [2.75, 3.05) is 50.8 Å². The third-order valence-electron chi connectivity index (χ3n) is 5.43. The van der Waals surface area contributed by atoms with Crippen molar-refractivity contribution < 1.29 is 9.53 Å². The van der Waals surface area contributed by atoms with Crippen molar-refractivity contribution in [3.05, 3.63) is 53.1 Å². The number of rotatable bonds is 8. The summed E-state index contributed by atoms with van der Waals surface area (Å²) in [6.07, 6.45) is 1.05. The van der Waals surface area contributed by atoms with Gasteiger partial charge in [0.1, 0.15) is 5.75 Å². The van der Waals surface area contributed by atoms with E-state index < -0.39 is 0 Å². The molecule has 0 saturated carbocycles. The van der Waals surface area contributed by atoms with Crippen molar-refractivity contribution in [3.8, 4) is 5.75 Å². The van der Waals surface area contributed by atoms with Gasteiger partial charge in [0.05, 0.1) is 10.2 Å². The molecule has 0 unspecified atom stereocenters. The SMILES string of the molecule is CCc1ccc2nc(N3CCN(CCNC(=O)COc4ccc(Cl)cc4)CC3)sc2c1. The van der Waals surface area contributed by atoms with Crippen LogP contribution in [0, 0.1) is 0 Å². The molecule has 2 aromatic carbocycles. The molecule has 0 aliphatic carbocycles. The number of piperazine rings is 1. The fourth-order valence-corrected chi connectivity index (χ4v) is 4.77. The minimum Gasteiger partial charge on any atom is -0.484 e. The van der Waals surface area contributed by atoms with Crippen LogP contribution in [-0.4, -0.2) is 61.7 Å². The van der Waals surface area contributed by atoms with E-state index in [-0.39, 0.29) is 12.5 Å². The summed E-state index contributed by atoms with van der Waals surface area (Å²) < 4.78 is 6.74. The number of thiazole rings is 1. The molecule has 31 heavy (non-hydrogen) atoms. The van der Waals surface area contributed by atoms with Gasteiger partial charge in [-0.2, -0.15) is 0 Å². The van der Waals surface area contributed by atoms with Crippen molar-refractivity contribution >= 4 is 44.2 Å². The smallest absolute Gasteiger partial charge is 0.257 e. The van der Waals surface area contributed by atoms with Crippen LogP contribution in [0.25, 0.3) is 10.2 Å². The molecule has 1 aromatic heterocycles. The zero-order valence-electron chi connectivity index (χ0n) is 17.6. The maximum atomic E-state index is 12.0. The molecule has 1 aliphatic heterocycles. The van der Waals surface area contributed by atoms with Gasteiger partial charge in [-0.25, -0.2) is 4.98 Å². The number of aryl methyl sites for hydroxylation is 1. The van der Waals surface area contributed by atoms with Gasteiger partial charge in [-0.1, -0.05) is 35.9 Å². The Kier molecular flexibility index (Phi) is 7.27. The summed E-state index contributed by atoms with van der Waals surface area (Å²) in [5, 5.41) is 4.68. The molecule has 0 spiro atoms. The third-order valence-corrected chi connectivity index (χ3v) is 6.76. The Bertz CT molecular complexity index is 1020. The second kappa shape index (κ2) is 10.3. The Labute approximate surface area is 191 Å². The van der Waals surface area contributed by atoms with Gasteiger partial charge in [-0.05, 0) is 48.4 Å². The molecule has 1 saturated heterocycles. The number of nitrogens with zero attached hydrogens (tertiary/aromatic N) is 3. The quantitative estimate of drug-likeness (QED) is 0.556. The van der Waals surface area contributed by atoms with Gasteiger partial charge in [-0.15, -0.1) is 0 Å². The van der Waals surface area contributed by atoms with Crippen molar-refractivity contribution in [1.29, 1.82) is 0 Å². The number of anilines is 1. The number of amides is 1. The number of ether oxygens (including phenoxy) is 1. The predicted molar refractivity (Wildman–Crippen MR) is 128 cm³/mol. The molecule has 0 radical (unpaired) electrons. The van der Waals surface area contributed by atoms with E-state index in [1.54, 1.807) is 35.6 Å². The number of hydrogen-bond donors (Lipinski definition) is 1. The van der Waals surface area contributed by atoms with E-state index >= 15 is 0 Å². The second-order valence-electron chi connectivity index (χ2n) is 7.57. The maximum absolute atomic E-state index is 12.0. The minimum absolute atomic E-state index is 0.00671. The van der Waals surface area contributed by atoms with Gasteiger partial charge in [0.15, 0.2) is 11.7 Å². The molecule has 0 bridgehead atoms. The highest BCUT2D eigenvalue weighted by molar-refractivity contribution is 7.22. The lowest BCUT2D eigenvalue weighted by Gasteiger charge is -2.34. The van der Waals surface area contributed by atoms with E-state index in [1.165, 1.54) is 10.3 Å². The molecule has 4 rings (SSSR count). The van der Waals surface area contributed by atoms with Crippen LogP contribution in [-0.2, 0) is 11.2 Å². The summed E-state index contributed by atoms with van der Waals surface area (Å²) in [4.78, 5) is 21.6. The summed E-state index contributed by atoms with van der Waals surface area (Å²) >= 11 is 7.62. The maximum Gasteiger partial charge on any atom is 0.257 e. The number of hydrogen-bond acceptors (Lipinski definition) is 6. The molecule has 1 fully saturated rings. The first kappa shape index (κ1) is 21.9. The van der Waals surface area contributed by atoms with Crippen molar-refractivity contribution in [2.24, 2.45) is 0 Å². The number of carbonyl (C=O) groups excluding carboxylic acids is 1. The van der Waals surface area contributed by atoms with Crippen molar-refractivity contribution in [3.63, 3.8) is 0 Å². The Morgan fingerprint density at radius 2 is 1.94 bits per heavy atom. The first-order valence-corrected chi connectivity index (χ1v) is 11.8. The standard InChI is InChI=1S/C23H27ClN4O2S/c1-2-17-3-8-20-21(15-17)31-23(26-20)28-13-11-27(12-14-28)10-9-25-22(29)16-30-19-6-4-18(24)5-7-19/h3-8,15H,2,9-14,16H2,1H3,(H,25,29). The normalized spacial score (nSPS) is 14.7. The zero-order valence-corrected chi connectivity index (χ0v) is 19.2. The van der Waals surface area contributed by atoms with E-state index in [1.807, 2.05) is 0 Å². The minimum atomic E-state index is -0.116. The van der Waals surface area contributed by atoms with Crippen LogP contribution >= 0.6 is 22.9 Å². The Morgan fingerprint density at radius 1 is 1.16 bits per heavy atom. The van der Waals surface area contributed by atoms with E-state index in [0.717, 1.165) is 49.8 Å². The highest BCUT2D eigenvalue weighted by Crippen LogP contribution is 2.30. The van der Waals surface area contributed by atoms with Gasteiger partial charge in [0.2, 0.25) is 0 Å². The molecule has 1 N–H and O–H groups in total. The Morgan fingerprint density at radius 3 is 2.68 bits per heavy atom. The van der Waals surface area contributed by atoms with E-state index in [0.29, 0.717) is 17.3 Å². The molecule has 1 aliphatic rings. The Balaban J connectivity index is 1.17. The van der Waals surface area contributed by atoms with Crippen LogP contribution in [0.3, 0.4) is 0 Å². The molecule has 8 heteroatoms. The Hall–Kier alpha value is -2.35. The van der Waals surface area contributed by atoms with Crippen LogP contribution in [0.2, 0.25) is 5.02 Å². The largest absolute Gasteiger partial charge is 0.484 e. The number of halogens is 1. The molecular formula is C23H27ClN4O2S. The first-order chi connectivity index (χ1) is 15.1. The zero-order chi connectivity index (χ0) is 21.6. The van der Waals surface area contributed by atoms with Gasteiger partial charge in [0.25, 0.3) is 5.91 Å². The average Bonchev–Trinajstić information content (AvgIpc) is 3.22. The van der Waals surface area contributed by atoms with Gasteiger partial charge >= 0.3 is 0 Å². The van der Waals surface area contributed by atoms with Crippen molar-refractivity contribution in [1.82, 2.24) is 15.2 Å². The molecule has 1 amide bonds. The highest BCUT2D eigenvalue weighted by Gasteiger charge is 2.19. The van der Waals surface area contributed by atoms with Gasteiger partial charge < -0.3 is 15.0 Å². The summed E-state index contributed by atoms with van der Waals surface area (Å²) in [5.74, 6) is 0.519. The van der Waals surface area contributed by atoms with Crippen LogP contribution in [0.5, 0.6) is 5.75 Å². The van der Waals surface area contributed by atoms with Gasteiger partial charge in [0, 0.05) is 44.3 Å². The van der Waals surface area contributed by atoms with Crippen LogP contribution < -0.4 is 15.0 Å². The van der Waals surface area contributed by atoms with E-state index in [2.05, 4.69) is 40.2 Å². The molecule has 3 aromatic rings. The van der Waals surface area contributed by atoms with Crippen molar-refractivity contribution in [2.45, 2.75) is 13.3 Å². The lowest BCUT2D eigenvalue weighted by atomic mass is 10.2. The number of aromatic nitrogens is 1. The van der Waals surface area contributed by atoms with E-state index in [4.69, 9.17) is 21.3 Å². The van der Waals surface area contributed by atoms with Crippen LogP contribution in [0.15, 0.2) is 42.5 Å². The fourth-order valence-electron chi connectivity index (χ4n) is 3.56. The second-order valence-corrected chi connectivity index (χ2v) is 9.02.